The molecule has 1 aromatic heterocycles. The number of hydrogen-bond acceptors (Lipinski definition) is 7. The van der Waals surface area contributed by atoms with Gasteiger partial charge in [-0.25, -0.2) is 9.59 Å². The van der Waals surface area contributed by atoms with Gasteiger partial charge in [0.2, 0.25) is 11.8 Å². The zero-order valence-electron chi connectivity index (χ0n) is 15.9. The van der Waals surface area contributed by atoms with Crippen molar-refractivity contribution in [1.29, 1.82) is 0 Å². The molecule has 0 unspecified atom stereocenters. The minimum atomic E-state index is -0.432. The minimum Gasteiger partial charge on any atom is -0.465 e. The highest BCUT2D eigenvalue weighted by molar-refractivity contribution is 5.91. The predicted molar refractivity (Wildman–Crippen MR) is 108 cm³/mol. The molecule has 1 heterocycles. The van der Waals surface area contributed by atoms with Crippen molar-refractivity contribution in [2.45, 2.75) is 0 Å². The third-order valence-electron chi connectivity index (χ3n) is 4.30. The lowest BCUT2D eigenvalue weighted by molar-refractivity contribution is 0.0600. The van der Waals surface area contributed by atoms with E-state index in [0.717, 1.165) is 0 Å². The molecule has 0 atom stereocenters. The summed E-state index contributed by atoms with van der Waals surface area (Å²) in [5, 5.41) is 8.11. The van der Waals surface area contributed by atoms with Gasteiger partial charge >= 0.3 is 11.9 Å². The molecule has 0 amide bonds. The van der Waals surface area contributed by atoms with Gasteiger partial charge in [-0.3, -0.25) is 0 Å². The molecule has 0 spiro atoms. The van der Waals surface area contributed by atoms with Gasteiger partial charge in [0.1, 0.15) is 5.75 Å². The zero-order chi connectivity index (χ0) is 20.9. The highest BCUT2D eigenvalue weighted by atomic mass is 16.5. The number of carbonyl (C=O) groups is 2. The van der Waals surface area contributed by atoms with E-state index in [0.29, 0.717) is 39.8 Å². The van der Waals surface area contributed by atoms with Crippen molar-refractivity contribution in [2.75, 3.05) is 7.11 Å². The normalized spacial score (nSPS) is 10.4. The van der Waals surface area contributed by atoms with E-state index in [4.69, 9.17) is 9.15 Å². The molecule has 7 nitrogen and oxygen atoms in total. The van der Waals surface area contributed by atoms with Gasteiger partial charge in [0, 0.05) is 11.1 Å². The summed E-state index contributed by atoms with van der Waals surface area (Å²) in [4.78, 5) is 23.6. The molecule has 4 aromatic rings. The number of rotatable bonds is 5. The molecular weight excluding hydrogens is 384 g/mol. The van der Waals surface area contributed by atoms with Gasteiger partial charge in [-0.15, -0.1) is 10.2 Å². The number of benzene rings is 3. The van der Waals surface area contributed by atoms with E-state index in [2.05, 4.69) is 14.9 Å². The fourth-order valence-corrected chi connectivity index (χ4v) is 2.73. The summed E-state index contributed by atoms with van der Waals surface area (Å²) < 4.78 is 15.8. The number of ether oxygens (including phenoxy) is 2. The summed E-state index contributed by atoms with van der Waals surface area (Å²) in [6.45, 7) is 0. The van der Waals surface area contributed by atoms with Crippen LogP contribution in [0.1, 0.15) is 20.7 Å². The second kappa shape index (κ2) is 8.40. The smallest absolute Gasteiger partial charge is 0.343 e. The molecule has 0 radical (unpaired) electrons. The number of carbonyl (C=O) groups excluding carboxylic acids is 2. The van der Waals surface area contributed by atoms with Crippen molar-refractivity contribution in [3.63, 3.8) is 0 Å². The van der Waals surface area contributed by atoms with E-state index in [1.54, 1.807) is 72.8 Å². The predicted octanol–water partition coefficient (Wildman–Crippen LogP) is 4.41. The van der Waals surface area contributed by atoms with Gasteiger partial charge in [-0.2, -0.15) is 0 Å². The highest BCUT2D eigenvalue weighted by Crippen LogP contribution is 2.26. The molecule has 148 valence electrons. The van der Waals surface area contributed by atoms with E-state index in [-0.39, 0.29) is 0 Å². The first-order chi connectivity index (χ1) is 14.6. The highest BCUT2D eigenvalue weighted by Gasteiger charge is 2.13. The van der Waals surface area contributed by atoms with Gasteiger partial charge in [-0.05, 0) is 60.7 Å². The van der Waals surface area contributed by atoms with Gasteiger partial charge in [-0.1, -0.05) is 18.2 Å². The Morgan fingerprint density at radius 2 is 1.23 bits per heavy atom. The van der Waals surface area contributed by atoms with Crippen LogP contribution < -0.4 is 4.74 Å². The topological polar surface area (TPSA) is 91.5 Å². The molecule has 0 aliphatic rings. The third kappa shape index (κ3) is 4.10. The lowest BCUT2D eigenvalue weighted by atomic mass is 10.1. The molecule has 0 fully saturated rings. The van der Waals surface area contributed by atoms with Gasteiger partial charge in [0.05, 0.1) is 18.2 Å². The molecule has 7 heteroatoms. The van der Waals surface area contributed by atoms with Gasteiger partial charge in [0.15, 0.2) is 0 Å². The second-order valence-corrected chi connectivity index (χ2v) is 6.26. The molecule has 4 rings (SSSR count). The number of nitrogens with zero attached hydrogens (tertiary/aromatic N) is 2. The zero-order valence-corrected chi connectivity index (χ0v) is 15.9. The van der Waals surface area contributed by atoms with Crippen molar-refractivity contribution in [1.82, 2.24) is 10.2 Å². The van der Waals surface area contributed by atoms with Gasteiger partial charge < -0.3 is 13.9 Å². The quantitative estimate of drug-likeness (QED) is 0.362. The molecule has 0 saturated heterocycles. The molecule has 0 aliphatic carbocycles. The Labute approximate surface area is 171 Å². The maximum Gasteiger partial charge on any atom is 0.343 e. The monoisotopic (exact) mass is 400 g/mol. The fourth-order valence-electron chi connectivity index (χ4n) is 2.73. The third-order valence-corrected chi connectivity index (χ3v) is 4.30. The first-order valence-corrected chi connectivity index (χ1v) is 9.04. The van der Waals surface area contributed by atoms with Crippen LogP contribution in [0, 0.1) is 0 Å². The molecular formula is C23H16N2O5. The molecule has 30 heavy (non-hydrogen) atoms. The van der Waals surface area contributed by atoms with Crippen LogP contribution in [-0.4, -0.2) is 29.2 Å². The summed E-state index contributed by atoms with van der Waals surface area (Å²) in [6, 6.07) is 22.2. The van der Waals surface area contributed by atoms with Crippen LogP contribution in [0.5, 0.6) is 5.75 Å². The Morgan fingerprint density at radius 1 is 0.700 bits per heavy atom. The molecule has 0 N–H and O–H groups in total. The number of hydrogen-bond donors (Lipinski definition) is 0. The molecule has 3 aromatic carbocycles. The van der Waals surface area contributed by atoms with E-state index in [1.807, 2.05) is 6.07 Å². The van der Waals surface area contributed by atoms with Crippen LogP contribution in [0.25, 0.3) is 22.9 Å². The van der Waals surface area contributed by atoms with Crippen LogP contribution in [0.15, 0.2) is 83.3 Å². The van der Waals surface area contributed by atoms with Crippen LogP contribution in [0.4, 0.5) is 0 Å². The summed E-state index contributed by atoms with van der Waals surface area (Å²) >= 11 is 0. The largest absolute Gasteiger partial charge is 0.465 e. The van der Waals surface area contributed by atoms with E-state index in [1.165, 1.54) is 7.11 Å². The van der Waals surface area contributed by atoms with Crippen LogP contribution >= 0.6 is 0 Å². The van der Waals surface area contributed by atoms with Crippen LogP contribution in [-0.2, 0) is 4.74 Å². The lowest BCUT2D eigenvalue weighted by Crippen LogP contribution is -2.07. The fraction of sp³-hybridized carbons (Fsp3) is 0.0435. The Kier molecular flexibility index (Phi) is 5.34. The van der Waals surface area contributed by atoms with E-state index < -0.39 is 11.9 Å². The SMILES string of the molecule is COC(=O)c1ccc(-c2nnc(-c3ccc(OC(=O)c4ccccc4)cc3)o2)cc1. The van der Waals surface area contributed by atoms with Crippen molar-refractivity contribution >= 4 is 11.9 Å². The van der Waals surface area contributed by atoms with Crippen molar-refractivity contribution in [3.8, 4) is 28.7 Å². The van der Waals surface area contributed by atoms with Crippen LogP contribution in [0.2, 0.25) is 0 Å². The van der Waals surface area contributed by atoms with E-state index >= 15 is 0 Å². The minimum absolute atomic E-state index is 0.320. The Hall–Kier alpha value is -4.26. The van der Waals surface area contributed by atoms with Crippen molar-refractivity contribution in [3.05, 3.63) is 90.0 Å². The van der Waals surface area contributed by atoms with Crippen LogP contribution in [0.3, 0.4) is 0 Å². The Balaban J connectivity index is 1.47. The number of aromatic nitrogens is 2. The summed E-state index contributed by atoms with van der Waals surface area (Å²) in [5.74, 6) is 0.203. The first-order valence-electron chi connectivity index (χ1n) is 9.04. The van der Waals surface area contributed by atoms with E-state index in [9.17, 15) is 9.59 Å². The summed E-state index contributed by atoms with van der Waals surface area (Å²) in [6.07, 6.45) is 0. The average molecular weight is 400 g/mol. The van der Waals surface area contributed by atoms with Crippen molar-refractivity contribution in [2.24, 2.45) is 0 Å². The Bertz CT molecular complexity index is 1170. The lowest BCUT2D eigenvalue weighted by Gasteiger charge is -2.04. The summed E-state index contributed by atoms with van der Waals surface area (Å²) in [5.41, 5.74) is 2.26. The Morgan fingerprint density at radius 3 is 1.80 bits per heavy atom. The van der Waals surface area contributed by atoms with Gasteiger partial charge in [0.25, 0.3) is 0 Å². The standard InChI is InChI=1S/C23H16N2O5/c1-28-22(26)18-9-7-15(8-10-18)20-24-25-21(30-20)16-11-13-19(14-12-16)29-23(27)17-5-3-2-4-6-17/h2-14H,1H3. The molecule has 0 bridgehead atoms. The first kappa shape index (κ1) is 19.1. The summed E-state index contributed by atoms with van der Waals surface area (Å²) in [7, 11) is 1.33. The average Bonchev–Trinajstić information content (AvgIpc) is 3.30. The number of methoxy groups -OCH3 is 1. The molecule has 0 saturated carbocycles. The second-order valence-electron chi connectivity index (χ2n) is 6.26. The number of esters is 2. The molecule has 0 aliphatic heterocycles. The maximum absolute atomic E-state index is 12.1. The van der Waals surface area contributed by atoms with Crippen molar-refractivity contribution < 1.29 is 23.5 Å². The maximum atomic E-state index is 12.1.